The van der Waals surface area contributed by atoms with Crippen LogP contribution in [0.5, 0.6) is 0 Å². The van der Waals surface area contributed by atoms with E-state index in [1.165, 1.54) is 0 Å². The van der Waals surface area contributed by atoms with Gasteiger partial charge < -0.3 is 5.73 Å². The largest absolute Gasteiger partial charge is 0.330 e. The van der Waals surface area contributed by atoms with E-state index in [9.17, 15) is 8.42 Å². The fourth-order valence-electron chi connectivity index (χ4n) is 2.58. The summed E-state index contributed by atoms with van der Waals surface area (Å²) in [6, 6.07) is 0. The lowest BCUT2D eigenvalue weighted by atomic mass is 10.0. The number of hydrogen-bond donors (Lipinski definition) is 1. The normalized spacial score (nSPS) is 29.7. The lowest BCUT2D eigenvalue weighted by Gasteiger charge is -2.26. The molecule has 96 valence electrons. The van der Waals surface area contributed by atoms with Crippen molar-refractivity contribution in [3.63, 3.8) is 0 Å². The Morgan fingerprint density at radius 1 is 1.25 bits per heavy atom. The molecule has 0 aliphatic heterocycles. The lowest BCUT2D eigenvalue weighted by molar-refractivity contribution is 0.452. The lowest BCUT2D eigenvalue weighted by Crippen LogP contribution is -2.38. The zero-order valence-electron chi connectivity index (χ0n) is 10.5. The van der Waals surface area contributed by atoms with Crippen LogP contribution in [0.1, 0.15) is 52.4 Å². The third-order valence-corrected chi connectivity index (χ3v) is 6.87. The van der Waals surface area contributed by atoms with Gasteiger partial charge >= 0.3 is 0 Å². The molecule has 2 N–H and O–H groups in total. The number of rotatable bonds is 4. The molecule has 0 saturated heterocycles. The summed E-state index contributed by atoms with van der Waals surface area (Å²) in [7, 11) is -2.98. The average molecular weight is 247 g/mol. The van der Waals surface area contributed by atoms with Crippen LogP contribution in [0.25, 0.3) is 0 Å². The minimum absolute atomic E-state index is 0.182. The van der Waals surface area contributed by atoms with Crippen molar-refractivity contribution < 1.29 is 8.42 Å². The van der Waals surface area contributed by atoms with Gasteiger partial charge in [0.15, 0.2) is 9.84 Å². The van der Waals surface area contributed by atoms with E-state index in [0.717, 1.165) is 32.1 Å². The Balaban J connectivity index is 2.89. The van der Waals surface area contributed by atoms with Crippen molar-refractivity contribution in [3.05, 3.63) is 0 Å². The zero-order chi connectivity index (χ0) is 12.2. The summed E-state index contributed by atoms with van der Waals surface area (Å²) < 4.78 is 24.8. The van der Waals surface area contributed by atoms with Crippen LogP contribution in [0.4, 0.5) is 0 Å². The van der Waals surface area contributed by atoms with Crippen molar-refractivity contribution in [2.45, 2.75) is 62.9 Å². The van der Waals surface area contributed by atoms with Crippen molar-refractivity contribution in [1.82, 2.24) is 0 Å². The molecule has 0 bridgehead atoms. The van der Waals surface area contributed by atoms with Gasteiger partial charge in [-0.25, -0.2) is 8.42 Å². The molecule has 1 rings (SSSR count). The molecule has 0 aromatic carbocycles. The Morgan fingerprint density at radius 2 is 1.88 bits per heavy atom. The Bertz CT molecular complexity index is 300. The third kappa shape index (κ3) is 2.98. The highest BCUT2D eigenvalue weighted by Crippen LogP contribution is 2.30. The Labute approximate surface area is 99.7 Å². The SMILES string of the molecule is CCC(C)S(=O)(=O)C1CCCCCC1CN. The predicted molar refractivity (Wildman–Crippen MR) is 68.1 cm³/mol. The molecular formula is C12H25NO2S. The molecule has 1 saturated carbocycles. The first-order chi connectivity index (χ1) is 7.54. The summed E-state index contributed by atoms with van der Waals surface area (Å²) in [5.74, 6) is 0.182. The van der Waals surface area contributed by atoms with Crippen molar-refractivity contribution in [3.8, 4) is 0 Å². The number of sulfone groups is 1. The van der Waals surface area contributed by atoms with Gasteiger partial charge in [-0.05, 0) is 38.6 Å². The van der Waals surface area contributed by atoms with Gasteiger partial charge in [0.1, 0.15) is 0 Å². The van der Waals surface area contributed by atoms with Crippen molar-refractivity contribution in [1.29, 1.82) is 0 Å². The molecule has 1 aliphatic carbocycles. The van der Waals surface area contributed by atoms with Crippen LogP contribution in [0, 0.1) is 5.92 Å². The Morgan fingerprint density at radius 3 is 2.44 bits per heavy atom. The van der Waals surface area contributed by atoms with E-state index in [2.05, 4.69) is 0 Å². The highest BCUT2D eigenvalue weighted by Gasteiger charge is 2.36. The minimum atomic E-state index is -2.98. The van der Waals surface area contributed by atoms with E-state index < -0.39 is 9.84 Å². The van der Waals surface area contributed by atoms with E-state index in [4.69, 9.17) is 5.73 Å². The highest BCUT2D eigenvalue weighted by atomic mass is 32.2. The number of hydrogen-bond acceptors (Lipinski definition) is 3. The molecule has 16 heavy (non-hydrogen) atoms. The van der Waals surface area contributed by atoms with Crippen LogP contribution in [0.3, 0.4) is 0 Å². The maximum atomic E-state index is 12.4. The topological polar surface area (TPSA) is 60.2 Å². The summed E-state index contributed by atoms with van der Waals surface area (Å²) in [4.78, 5) is 0. The van der Waals surface area contributed by atoms with Crippen LogP contribution in [0.15, 0.2) is 0 Å². The van der Waals surface area contributed by atoms with Crippen LogP contribution in [-0.2, 0) is 9.84 Å². The van der Waals surface area contributed by atoms with Gasteiger partial charge in [0.05, 0.1) is 10.5 Å². The smallest absolute Gasteiger partial charge is 0.156 e. The summed E-state index contributed by atoms with van der Waals surface area (Å²) in [5.41, 5.74) is 5.74. The molecule has 0 aromatic rings. The Hall–Kier alpha value is -0.0900. The van der Waals surface area contributed by atoms with Crippen LogP contribution in [-0.4, -0.2) is 25.5 Å². The zero-order valence-corrected chi connectivity index (χ0v) is 11.3. The summed E-state index contributed by atoms with van der Waals surface area (Å²) in [6.45, 7) is 4.28. The molecule has 0 radical (unpaired) electrons. The van der Waals surface area contributed by atoms with Gasteiger partial charge in [-0.1, -0.05) is 26.2 Å². The van der Waals surface area contributed by atoms with E-state index in [-0.39, 0.29) is 16.4 Å². The Kier molecular flexibility index (Phi) is 5.25. The van der Waals surface area contributed by atoms with E-state index in [1.807, 2.05) is 13.8 Å². The van der Waals surface area contributed by atoms with Gasteiger partial charge in [0, 0.05) is 0 Å². The van der Waals surface area contributed by atoms with E-state index >= 15 is 0 Å². The molecule has 0 spiro atoms. The molecule has 0 heterocycles. The summed E-state index contributed by atoms with van der Waals surface area (Å²) in [6.07, 6.45) is 5.83. The molecule has 0 amide bonds. The first-order valence-electron chi connectivity index (χ1n) is 6.46. The minimum Gasteiger partial charge on any atom is -0.330 e. The van der Waals surface area contributed by atoms with E-state index in [1.54, 1.807) is 0 Å². The first kappa shape index (κ1) is 14.0. The van der Waals surface area contributed by atoms with Crippen LogP contribution < -0.4 is 5.73 Å². The quantitative estimate of drug-likeness (QED) is 0.774. The predicted octanol–water partition coefficient (Wildman–Crippen LogP) is 2.11. The standard InChI is InChI=1S/C12H25NO2S/c1-3-10(2)16(14,15)12-8-6-4-5-7-11(12)9-13/h10-12H,3-9,13H2,1-2H3. The maximum Gasteiger partial charge on any atom is 0.156 e. The molecule has 3 unspecified atom stereocenters. The van der Waals surface area contributed by atoms with Crippen molar-refractivity contribution in [2.24, 2.45) is 11.7 Å². The molecule has 1 fully saturated rings. The number of nitrogens with two attached hydrogens (primary N) is 1. The van der Waals surface area contributed by atoms with Crippen molar-refractivity contribution in [2.75, 3.05) is 6.54 Å². The monoisotopic (exact) mass is 247 g/mol. The summed E-state index contributed by atoms with van der Waals surface area (Å²) in [5, 5.41) is -0.403. The van der Waals surface area contributed by atoms with Gasteiger partial charge in [-0.15, -0.1) is 0 Å². The molecule has 4 heteroatoms. The van der Waals surface area contributed by atoms with Crippen LogP contribution >= 0.6 is 0 Å². The fourth-order valence-corrected chi connectivity index (χ4v) is 4.92. The molecule has 3 nitrogen and oxygen atoms in total. The average Bonchev–Trinajstić information content (AvgIpc) is 2.52. The third-order valence-electron chi connectivity index (χ3n) is 3.95. The van der Waals surface area contributed by atoms with Crippen LogP contribution in [0.2, 0.25) is 0 Å². The van der Waals surface area contributed by atoms with E-state index in [0.29, 0.717) is 13.0 Å². The fraction of sp³-hybridized carbons (Fsp3) is 1.00. The highest BCUT2D eigenvalue weighted by molar-refractivity contribution is 7.92. The van der Waals surface area contributed by atoms with Crippen molar-refractivity contribution >= 4 is 9.84 Å². The molecule has 3 atom stereocenters. The first-order valence-corrected chi connectivity index (χ1v) is 8.07. The van der Waals surface area contributed by atoms with Gasteiger partial charge in [-0.2, -0.15) is 0 Å². The molecular weight excluding hydrogens is 222 g/mol. The van der Waals surface area contributed by atoms with Gasteiger partial charge in [0.2, 0.25) is 0 Å². The second kappa shape index (κ2) is 6.01. The molecule has 0 aromatic heterocycles. The summed E-state index contributed by atoms with van der Waals surface area (Å²) >= 11 is 0. The van der Waals surface area contributed by atoms with Gasteiger partial charge in [0.25, 0.3) is 0 Å². The second-order valence-electron chi connectivity index (χ2n) is 4.98. The molecule has 1 aliphatic rings. The second-order valence-corrected chi connectivity index (χ2v) is 7.57. The van der Waals surface area contributed by atoms with Gasteiger partial charge in [-0.3, -0.25) is 0 Å². The maximum absolute atomic E-state index is 12.4.